The Morgan fingerprint density at radius 3 is 2.33 bits per heavy atom. The molecule has 0 amide bonds. The van der Waals surface area contributed by atoms with E-state index in [-0.39, 0.29) is 0 Å². The van der Waals surface area contributed by atoms with Crippen molar-refractivity contribution in [1.82, 2.24) is 19.3 Å². The van der Waals surface area contributed by atoms with Gasteiger partial charge in [0, 0.05) is 30.8 Å². The molecule has 1 aliphatic carbocycles. The second-order valence-corrected chi connectivity index (χ2v) is 10.7. The van der Waals surface area contributed by atoms with Crippen LogP contribution in [0.15, 0.2) is 66.9 Å². The topological polar surface area (TPSA) is 77.9 Å². The standard InChI is InChI=1S/C29H31N5O2/c30-28-31-15-12-25-26(20-10-13-29(14-11-20)18-33(19-29)22-16-35-17-22)32-27(34(25)28)21-6-8-24(9-7-21)36-23-4-2-1-3-5-23/h1-9,12,15,20,22H,10-11,13-14,16-19H2,(H2,30,31). The maximum absolute atomic E-state index is 6.38. The van der Waals surface area contributed by atoms with Crippen molar-refractivity contribution in [3.63, 3.8) is 0 Å². The van der Waals surface area contributed by atoms with Crippen molar-refractivity contribution >= 4 is 11.5 Å². The molecule has 3 fully saturated rings. The fraction of sp³-hybridized carbons (Fsp3) is 0.379. The van der Waals surface area contributed by atoms with Crippen molar-refractivity contribution in [2.75, 3.05) is 32.0 Å². The fourth-order valence-corrected chi connectivity index (χ4v) is 6.20. The zero-order valence-electron chi connectivity index (χ0n) is 20.3. The SMILES string of the molecule is Nc1nccc2c(C3CCC4(CC3)CN(C3COC3)C4)nc(-c3ccc(Oc4ccccc4)cc3)n12. The lowest BCUT2D eigenvalue weighted by Crippen LogP contribution is -2.65. The summed E-state index contributed by atoms with van der Waals surface area (Å²) in [6, 6.07) is 20.6. The van der Waals surface area contributed by atoms with Crippen molar-refractivity contribution in [3.8, 4) is 22.9 Å². The van der Waals surface area contributed by atoms with Crippen LogP contribution in [0, 0.1) is 5.41 Å². The second kappa shape index (κ2) is 8.61. The number of benzene rings is 2. The Kier molecular flexibility index (Phi) is 5.22. The van der Waals surface area contributed by atoms with Gasteiger partial charge in [0.25, 0.3) is 0 Å². The lowest BCUT2D eigenvalue weighted by Gasteiger charge is -2.57. The molecular formula is C29H31N5O2. The predicted molar refractivity (Wildman–Crippen MR) is 139 cm³/mol. The van der Waals surface area contributed by atoms with Crippen LogP contribution in [0.25, 0.3) is 16.9 Å². The summed E-state index contributed by atoms with van der Waals surface area (Å²) in [6.45, 7) is 4.29. The molecule has 4 heterocycles. The fourth-order valence-electron chi connectivity index (χ4n) is 6.20. The molecule has 0 unspecified atom stereocenters. The van der Waals surface area contributed by atoms with E-state index in [1.54, 1.807) is 6.20 Å². The molecule has 7 nitrogen and oxygen atoms in total. The maximum atomic E-state index is 6.38. The van der Waals surface area contributed by atoms with Gasteiger partial charge in [-0.15, -0.1) is 0 Å². The summed E-state index contributed by atoms with van der Waals surface area (Å²) < 4.78 is 13.4. The summed E-state index contributed by atoms with van der Waals surface area (Å²) in [6.07, 6.45) is 6.68. The minimum Gasteiger partial charge on any atom is -0.457 e. The van der Waals surface area contributed by atoms with E-state index >= 15 is 0 Å². The van der Waals surface area contributed by atoms with Gasteiger partial charge in [-0.1, -0.05) is 18.2 Å². The average molecular weight is 482 g/mol. The molecule has 4 aromatic rings. The summed E-state index contributed by atoms with van der Waals surface area (Å²) >= 11 is 0. The molecule has 0 bridgehead atoms. The van der Waals surface area contributed by atoms with Gasteiger partial charge in [-0.05, 0) is 73.6 Å². The first-order valence-electron chi connectivity index (χ1n) is 13.0. The summed E-state index contributed by atoms with van der Waals surface area (Å²) in [7, 11) is 0. The normalized spacial score (nSPS) is 20.3. The molecule has 184 valence electrons. The first kappa shape index (κ1) is 21.8. The summed E-state index contributed by atoms with van der Waals surface area (Å²) in [5, 5.41) is 0. The van der Waals surface area contributed by atoms with Crippen molar-refractivity contribution in [2.45, 2.75) is 37.6 Å². The number of nitrogen functional groups attached to an aromatic ring is 1. The van der Waals surface area contributed by atoms with Crippen molar-refractivity contribution < 1.29 is 9.47 Å². The highest BCUT2D eigenvalue weighted by atomic mass is 16.5. The average Bonchev–Trinajstić information content (AvgIpc) is 3.25. The monoisotopic (exact) mass is 481 g/mol. The molecule has 2 saturated heterocycles. The number of nitrogens with two attached hydrogens (primary N) is 1. The van der Waals surface area contributed by atoms with Gasteiger partial charge in [0.2, 0.25) is 5.95 Å². The zero-order chi connectivity index (χ0) is 24.1. The minimum absolute atomic E-state index is 0.447. The Morgan fingerprint density at radius 1 is 0.917 bits per heavy atom. The Morgan fingerprint density at radius 2 is 1.64 bits per heavy atom. The highest BCUT2D eigenvalue weighted by Gasteiger charge is 2.48. The van der Waals surface area contributed by atoms with E-state index in [4.69, 9.17) is 20.2 Å². The number of fused-ring (bicyclic) bond motifs is 1. The lowest BCUT2D eigenvalue weighted by atomic mass is 9.65. The lowest BCUT2D eigenvalue weighted by molar-refractivity contribution is -0.140. The molecule has 2 aromatic heterocycles. The quantitative estimate of drug-likeness (QED) is 0.426. The molecule has 0 atom stereocenters. The molecular weight excluding hydrogens is 450 g/mol. The number of imidazole rings is 1. The summed E-state index contributed by atoms with van der Waals surface area (Å²) in [4.78, 5) is 12.2. The molecule has 7 heteroatoms. The number of rotatable bonds is 5. The third kappa shape index (κ3) is 3.74. The smallest absolute Gasteiger partial charge is 0.206 e. The largest absolute Gasteiger partial charge is 0.457 e. The molecule has 0 radical (unpaired) electrons. The maximum Gasteiger partial charge on any atom is 0.206 e. The number of likely N-dealkylation sites (tertiary alicyclic amines) is 1. The number of anilines is 1. The van der Waals surface area contributed by atoms with Crippen LogP contribution in [-0.2, 0) is 4.74 Å². The molecule has 1 spiro atoms. The van der Waals surface area contributed by atoms with Crippen LogP contribution < -0.4 is 10.5 Å². The summed E-state index contributed by atoms with van der Waals surface area (Å²) in [5.41, 5.74) is 10.1. The van der Waals surface area contributed by atoms with Crippen molar-refractivity contribution in [1.29, 1.82) is 0 Å². The van der Waals surface area contributed by atoms with E-state index in [0.29, 0.717) is 23.3 Å². The van der Waals surface area contributed by atoms with Gasteiger partial charge in [0.15, 0.2) is 0 Å². The third-order valence-corrected chi connectivity index (χ3v) is 8.35. The number of aromatic nitrogens is 3. The van der Waals surface area contributed by atoms with Gasteiger partial charge >= 0.3 is 0 Å². The first-order chi connectivity index (χ1) is 17.7. The van der Waals surface area contributed by atoms with Gasteiger partial charge in [0.1, 0.15) is 17.3 Å². The van der Waals surface area contributed by atoms with Gasteiger partial charge in [-0.25, -0.2) is 9.97 Å². The number of ether oxygens (including phenoxy) is 2. The molecule has 2 N–H and O–H groups in total. The van der Waals surface area contributed by atoms with E-state index in [9.17, 15) is 0 Å². The van der Waals surface area contributed by atoms with Gasteiger partial charge in [-0.3, -0.25) is 9.30 Å². The van der Waals surface area contributed by atoms with E-state index in [1.807, 2.05) is 59.0 Å². The highest BCUT2D eigenvalue weighted by molar-refractivity contribution is 5.69. The summed E-state index contributed by atoms with van der Waals surface area (Å²) in [5.74, 6) is 3.37. The molecule has 2 aliphatic heterocycles. The van der Waals surface area contributed by atoms with E-state index < -0.39 is 0 Å². The zero-order valence-corrected chi connectivity index (χ0v) is 20.3. The molecule has 3 aliphatic rings. The molecule has 2 aromatic carbocycles. The Hall–Kier alpha value is -3.42. The molecule has 1 saturated carbocycles. The first-order valence-corrected chi connectivity index (χ1v) is 13.0. The number of nitrogens with zero attached hydrogens (tertiary/aromatic N) is 4. The number of hydrogen-bond acceptors (Lipinski definition) is 6. The van der Waals surface area contributed by atoms with Crippen LogP contribution in [0.1, 0.15) is 37.3 Å². The highest BCUT2D eigenvalue weighted by Crippen LogP contribution is 2.50. The number of para-hydroxylation sites is 1. The Labute approximate surface area is 210 Å². The number of hydrogen-bond donors (Lipinski definition) is 1. The van der Waals surface area contributed by atoms with Gasteiger partial charge in [0.05, 0.1) is 30.5 Å². The van der Waals surface area contributed by atoms with Crippen molar-refractivity contribution in [2.24, 2.45) is 5.41 Å². The van der Waals surface area contributed by atoms with Gasteiger partial charge in [-0.2, -0.15) is 0 Å². The Balaban J connectivity index is 1.13. The van der Waals surface area contributed by atoms with Crippen LogP contribution in [0.4, 0.5) is 5.95 Å². The Bertz CT molecular complexity index is 1360. The van der Waals surface area contributed by atoms with E-state index in [1.165, 1.54) is 38.8 Å². The molecule has 36 heavy (non-hydrogen) atoms. The van der Waals surface area contributed by atoms with Gasteiger partial charge < -0.3 is 15.2 Å². The predicted octanol–water partition coefficient (Wildman–Crippen LogP) is 5.13. The third-order valence-electron chi connectivity index (χ3n) is 8.35. The van der Waals surface area contributed by atoms with E-state index in [0.717, 1.165) is 47.3 Å². The second-order valence-electron chi connectivity index (χ2n) is 10.7. The van der Waals surface area contributed by atoms with Crippen LogP contribution in [0.5, 0.6) is 11.5 Å². The van der Waals surface area contributed by atoms with Crippen LogP contribution in [0.2, 0.25) is 0 Å². The molecule has 7 rings (SSSR count). The van der Waals surface area contributed by atoms with Crippen LogP contribution in [0.3, 0.4) is 0 Å². The van der Waals surface area contributed by atoms with Crippen LogP contribution >= 0.6 is 0 Å². The van der Waals surface area contributed by atoms with Crippen LogP contribution in [-0.4, -0.2) is 51.6 Å². The minimum atomic E-state index is 0.447. The van der Waals surface area contributed by atoms with Crippen molar-refractivity contribution in [3.05, 3.63) is 72.6 Å². The van der Waals surface area contributed by atoms with E-state index in [2.05, 4.69) is 16.0 Å².